The maximum Gasteiger partial charge on any atom is 0.234 e. The molecule has 6 heteroatoms. The minimum atomic E-state index is 0.788. The minimum Gasteiger partial charge on any atom is -0.497 e. The number of methoxy groups -OCH3 is 1. The second-order valence-corrected chi connectivity index (χ2v) is 5.63. The molecule has 0 fully saturated rings. The predicted molar refractivity (Wildman–Crippen MR) is 78.5 cm³/mol. The number of hydrogen-bond acceptors (Lipinski definition) is 5. The van der Waals surface area contributed by atoms with Crippen LogP contribution in [-0.2, 0) is 12.8 Å². The lowest BCUT2D eigenvalue weighted by atomic mass is 10.1. The first-order chi connectivity index (χ1) is 9.80. The van der Waals surface area contributed by atoms with Gasteiger partial charge in [0.15, 0.2) is 5.82 Å². The second-order valence-electron chi connectivity index (χ2n) is 4.58. The SMILES string of the molecule is CCCc1nnc2sc(Cc3cccc(OC)c3)nn12. The van der Waals surface area contributed by atoms with Crippen molar-refractivity contribution in [1.29, 1.82) is 0 Å². The van der Waals surface area contributed by atoms with Gasteiger partial charge in [-0.3, -0.25) is 0 Å². The van der Waals surface area contributed by atoms with Crippen LogP contribution in [0.1, 0.15) is 29.7 Å². The molecule has 1 aromatic carbocycles. The quantitative estimate of drug-likeness (QED) is 0.724. The van der Waals surface area contributed by atoms with Crippen LogP contribution >= 0.6 is 11.3 Å². The number of benzene rings is 1. The van der Waals surface area contributed by atoms with Crippen LogP contribution in [0.2, 0.25) is 0 Å². The van der Waals surface area contributed by atoms with Crippen LogP contribution < -0.4 is 4.74 Å². The van der Waals surface area contributed by atoms with E-state index in [-0.39, 0.29) is 0 Å². The Morgan fingerprint density at radius 3 is 3.00 bits per heavy atom. The van der Waals surface area contributed by atoms with Gasteiger partial charge >= 0.3 is 0 Å². The summed E-state index contributed by atoms with van der Waals surface area (Å²) in [6.45, 7) is 2.13. The highest BCUT2D eigenvalue weighted by atomic mass is 32.1. The molecule has 0 saturated carbocycles. The molecule has 5 nitrogen and oxygen atoms in total. The number of aromatic nitrogens is 4. The summed E-state index contributed by atoms with van der Waals surface area (Å²) >= 11 is 1.59. The smallest absolute Gasteiger partial charge is 0.234 e. The fourth-order valence-corrected chi connectivity index (χ4v) is 2.99. The van der Waals surface area contributed by atoms with E-state index in [0.717, 1.165) is 40.8 Å². The molecule has 0 spiro atoms. The minimum absolute atomic E-state index is 0.788. The van der Waals surface area contributed by atoms with Gasteiger partial charge < -0.3 is 4.74 Å². The van der Waals surface area contributed by atoms with Gasteiger partial charge in [-0.1, -0.05) is 30.4 Å². The summed E-state index contributed by atoms with van der Waals surface area (Å²) in [5, 5.41) is 14.0. The van der Waals surface area contributed by atoms with Crippen LogP contribution in [0.5, 0.6) is 5.75 Å². The molecule has 0 amide bonds. The average Bonchev–Trinajstić information content (AvgIpc) is 3.01. The lowest BCUT2D eigenvalue weighted by molar-refractivity contribution is 0.414. The Balaban J connectivity index is 1.86. The Bertz CT molecular complexity index is 719. The Hall–Kier alpha value is -1.95. The third kappa shape index (κ3) is 2.51. The first kappa shape index (κ1) is 13.1. The van der Waals surface area contributed by atoms with Gasteiger partial charge in [0, 0.05) is 12.8 Å². The van der Waals surface area contributed by atoms with Crippen LogP contribution in [0.3, 0.4) is 0 Å². The molecule has 20 heavy (non-hydrogen) atoms. The van der Waals surface area contributed by atoms with Crippen molar-refractivity contribution in [3.05, 3.63) is 40.7 Å². The Morgan fingerprint density at radius 1 is 1.30 bits per heavy atom. The molecule has 0 aliphatic rings. The van der Waals surface area contributed by atoms with Crippen LogP contribution in [0, 0.1) is 0 Å². The first-order valence-corrected chi connectivity index (χ1v) is 7.44. The first-order valence-electron chi connectivity index (χ1n) is 6.63. The van der Waals surface area contributed by atoms with Crippen molar-refractivity contribution in [3.63, 3.8) is 0 Å². The fourth-order valence-electron chi connectivity index (χ4n) is 2.11. The van der Waals surface area contributed by atoms with E-state index >= 15 is 0 Å². The number of fused-ring (bicyclic) bond motifs is 1. The molecule has 2 aromatic heterocycles. The van der Waals surface area contributed by atoms with Gasteiger partial charge in [0.1, 0.15) is 10.8 Å². The molecular weight excluding hydrogens is 272 g/mol. The molecule has 0 radical (unpaired) electrons. The number of rotatable bonds is 5. The zero-order chi connectivity index (χ0) is 13.9. The van der Waals surface area contributed by atoms with Crippen LogP contribution in [0.4, 0.5) is 0 Å². The lowest BCUT2D eigenvalue weighted by Crippen LogP contribution is -1.97. The summed E-state index contributed by atoms with van der Waals surface area (Å²) < 4.78 is 7.11. The second kappa shape index (κ2) is 5.58. The van der Waals surface area contributed by atoms with E-state index in [1.54, 1.807) is 18.4 Å². The van der Waals surface area contributed by atoms with Crippen molar-refractivity contribution < 1.29 is 4.74 Å². The van der Waals surface area contributed by atoms with Gasteiger partial charge in [-0.2, -0.15) is 9.61 Å². The summed E-state index contributed by atoms with van der Waals surface area (Å²) in [7, 11) is 1.68. The van der Waals surface area contributed by atoms with E-state index in [4.69, 9.17) is 4.74 Å². The molecule has 0 unspecified atom stereocenters. The van der Waals surface area contributed by atoms with Gasteiger partial charge in [-0.15, -0.1) is 10.2 Å². The molecule has 3 rings (SSSR count). The van der Waals surface area contributed by atoms with Gasteiger partial charge in [0.25, 0.3) is 0 Å². The van der Waals surface area contributed by atoms with Gasteiger partial charge in [0.05, 0.1) is 7.11 Å². The van der Waals surface area contributed by atoms with Crippen molar-refractivity contribution in [2.24, 2.45) is 0 Å². The fraction of sp³-hybridized carbons (Fsp3) is 0.357. The highest BCUT2D eigenvalue weighted by Crippen LogP contribution is 2.20. The Labute approximate surface area is 121 Å². The third-order valence-electron chi connectivity index (χ3n) is 3.06. The standard InChI is InChI=1S/C14H16N4OS/c1-3-5-12-15-16-14-18(12)17-13(20-14)9-10-6-4-7-11(8-10)19-2/h4,6-8H,3,5,9H2,1-2H3. The van der Waals surface area contributed by atoms with E-state index in [1.807, 2.05) is 22.7 Å². The van der Waals surface area contributed by atoms with E-state index in [1.165, 1.54) is 5.56 Å². The zero-order valence-corrected chi connectivity index (χ0v) is 12.4. The molecule has 0 N–H and O–H groups in total. The summed E-state index contributed by atoms with van der Waals surface area (Å²) in [4.78, 5) is 0.867. The number of nitrogens with zero attached hydrogens (tertiary/aromatic N) is 4. The largest absolute Gasteiger partial charge is 0.497 e. The molecule has 0 bridgehead atoms. The number of aryl methyl sites for hydroxylation is 1. The van der Waals surface area contributed by atoms with E-state index in [2.05, 4.69) is 28.3 Å². The van der Waals surface area contributed by atoms with Crippen LogP contribution in [0.25, 0.3) is 4.96 Å². The highest BCUT2D eigenvalue weighted by Gasteiger charge is 2.11. The zero-order valence-electron chi connectivity index (χ0n) is 11.5. The van der Waals surface area contributed by atoms with Crippen molar-refractivity contribution in [3.8, 4) is 5.75 Å². The van der Waals surface area contributed by atoms with Crippen molar-refractivity contribution in [2.75, 3.05) is 7.11 Å². The van der Waals surface area contributed by atoms with Gasteiger partial charge in [-0.25, -0.2) is 0 Å². The van der Waals surface area contributed by atoms with Crippen molar-refractivity contribution in [2.45, 2.75) is 26.2 Å². The normalized spacial score (nSPS) is 11.1. The van der Waals surface area contributed by atoms with E-state index in [0.29, 0.717) is 0 Å². The summed E-state index contributed by atoms with van der Waals surface area (Å²) in [5.41, 5.74) is 1.19. The molecule has 0 aliphatic carbocycles. The maximum atomic E-state index is 5.24. The predicted octanol–water partition coefficient (Wildman–Crippen LogP) is 2.74. The van der Waals surface area contributed by atoms with Crippen molar-refractivity contribution >= 4 is 16.3 Å². The molecule has 0 saturated heterocycles. The van der Waals surface area contributed by atoms with Crippen LogP contribution in [-0.4, -0.2) is 26.9 Å². The molecule has 2 heterocycles. The molecule has 104 valence electrons. The Morgan fingerprint density at radius 2 is 2.20 bits per heavy atom. The lowest BCUT2D eigenvalue weighted by Gasteiger charge is -2.02. The molecule has 0 aliphatic heterocycles. The van der Waals surface area contributed by atoms with Crippen LogP contribution in [0.15, 0.2) is 24.3 Å². The average molecular weight is 288 g/mol. The van der Waals surface area contributed by atoms with Gasteiger partial charge in [0.2, 0.25) is 4.96 Å². The molecular formula is C14H16N4OS. The highest BCUT2D eigenvalue weighted by molar-refractivity contribution is 7.16. The summed E-state index contributed by atoms with van der Waals surface area (Å²) in [6, 6.07) is 8.06. The van der Waals surface area contributed by atoms with Gasteiger partial charge in [-0.05, 0) is 24.1 Å². The Kier molecular flexibility index (Phi) is 3.64. The number of ether oxygens (including phenoxy) is 1. The summed E-state index contributed by atoms with van der Waals surface area (Å²) in [6.07, 6.45) is 2.74. The monoisotopic (exact) mass is 288 g/mol. The maximum absolute atomic E-state index is 5.24. The number of hydrogen-bond donors (Lipinski definition) is 0. The van der Waals surface area contributed by atoms with E-state index in [9.17, 15) is 0 Å². The summed E-state index contributed by atoms with van der Waals surface area (Å²) in [5.74, 6) is 1.81. The van der Waals surface area contributed by atoms with Crippen molar-refractivity contribution in [1.82, 2.24) is 19.8 Å². The third-order valence-corrected chi connectivity index (χ3v) is 3.96. The molecule has 3 aromatic rings. The molecule has 0 atom stereocenters. The topological polar surface area (TPSA) is 52.3 Å². The van der Waals surface area contributed by atoms with E-state index < -0.39 is 0 Å².